The standard InChI is InChI=1S/C91H148N20O24/c1-21-25-26-27-31-35-58(114)42-67(115)99-60(24-4)90(133)111-39-32-36-66(111)84(127)109-71(49(13)22-2)88(131)108-69(47(9)10)86(129)96-51(15)74(117)93-50(14)73(116)94-54(18)77(120)107-70(48(11)12)87(130)105-64(43-112)82(125)95-55(19)78(121)106-68(46(7)8)85(128)97-53(17)76(119)102-62(40-45(5)6)81(124)100-59(23-3)79(122)110-72-56(20)135-91(134)63(41-57-33-29-28-30-34-57)103-83(126)65(44-113)104-80(123)61(37-38-92)101-75(118)52(16)98-89(72)132/h23-24,28-30,33-34,45-56,58,61-66,68-72,112-114H,21-22,25-27,31-32,35-44,92H2,1-20H3,(H,93,117)(H,94,116)(H,95,125)(H,96,129)(H,97,128)(H,98,132)(H,99,115)(H,100,124)(H,101,118)(H,102,119)(H,103,126)(H,104,123)(H,105,130)(H,106,121)(H,107,120)(H,108,131)(H,109,127)(H,110,122). The molecule has 2 aliphatic heterocycles. The molecule has 135 heavy (non-hydrogen) atoms. The molecular weight excluding hydrogens is 1760 g/mol. The van der Waals surface area contributed by atoms with Crippen LogP contribution < -0.4 is 101 Å². The van der Waals surface area contributed by atoms with Crippen LogP contribution in [0.2, 0.25) is 0 Å². The Morgan fingerprint density at radius 1 is 0.511 bits per heavy atom. The van der Waals surface area contributed by atoms with Gasteiger partial charge in [0, 0.05) is 13.0 Å². The van der Waals surface area contributed by atoms with Crippen LogP contribution in [0.1, 0.15) is 221 Å². The van der Waals surface area contributed by atoms with E-state index in [1.807, 2.05) is 0 Å². The molecule has 23 N–H and O–H groups in total. The van der Waals surface area contributed by atoms with E-state index in [9.17, 15) is 111 Å². The van der Waals surface area contributed by atoms with E-state index in [2.05, 4.69) is 103 Å². The Balaban J connectivity index is 1.65. The number of benzene rings is 1. The van der Waals surface area contributed by atoms with Crippen LogP contribution in [-0.4, -0.2) is 280 Å². The second-order valence-electron chi connectivity index (χ2n) is 35.8. The van der Waals surface area contributed by atoms with Gasteiger partial charge in [0.2, 0.25) is 100 Å². The maximum atomic E-state index is 14.3. The summed E-state index contributed by atoms with van der Waals surface area (Å²) in [6.45, 7) is 28.3. The molecule has 2 fully saturated rings. The van der Waals surface area contributed by atoms with Gasteiger partial charge >= 0.3 is 5.97 Å². The first kappa shape index (κ1) is 117. The zero-order valence-corrected chi connectivity index (χ0v) is 81.4. The third kappa shape index (κ3) is 38.3. The highest BCUT2D eigenvalue weighted by molar-refractivity contribution is 6.05. The van der Waals surface area contributed by atoms with Crippen LogP contribution in [-0.2, 0) is 107 Å². The number of ether oxygens (including phenoxy) is 1. The molecule has 20 atom stereocenters. The predicted molar refractivity (Wildman–Crippen MR) is 494 cm³/mol. The molecular formula is C91H148N20O24. The lowest BCUT2D eigenvalue weighted by atomic mass is 9.96. The zero-order valence-electron chi connectivity index (χ0n) is 81.4. The molecule has 0 radical (unpaired) electrons. The number of amides is 19. The molecule has 0 aromatic heterocycles. The molecule has 1 aromatic carbocycles. The fourth-order valence-electron chi connectivity index (χ4n) is 14.2. The summed E-state index contributed by atoms with van der Waals surface area (Å²) in [4.78, 5) is 278. The molecule has 3 rings (SSSR count). The Labute approximate surface area is 789 Å². The number of carbonyl (C=O) groups is 20. The smallest absolute Gasteiger partial charge is 0.329 e. The van der Waals surface area contributed by atoms with Crippen molar-refractivity contribution in [3.63, 3.8) is 0 Å². The molecule has 756 valence electrons. The summed E-state index contributed by atoms with van der Waals surface area (Å²) in [7, 11) is 0. The maximum absolute atomic E-state index is 14.3. The lowest BCUT2D eigenvalue weighted by Crippen LogP contribution is -2.62. The van der Waals surface area contributed by atoms with E-state index in [1.54, 1.807) is 92.6 Å². The van der Waals surface area contributed by atoms with Gasteiger partial charge < -0.3 is 126 Å². The summed E-state index contributed by atoms with van der Waals surface area (Å²) >= 11 is 0. The second-order valence-corrected chi connectivity index (χ2v) is 35.8. The van der Waals surface area contributed by atoms with Gasteiger partial charge in [-0.15, -0.1) is 0 Å². The molecule has 0 spiro atoms. The number of esters is 1. The van der Waals surface area contributed by atoms with Crippen LogP contribution in [0.15, 0.2) is 53.9 Å². The minimum atomic E-state index is -1.87. The number of nitrogens with zero attached hydrogens (tertiary/aromatic N) is 1. The van der Waals surface area contributed by atoms with Crippen molar-refractivity contribution in [2.75, 3.05) is 26.3 Å². The molecule has 44 nitrogen and oxygen atoms in total. The van der Waals surface area contributed by atoms with Gasteiger partial charge in [-0.25, -0.2) is 4.79 Å². The summed E-state index contributed by atoms with van der Waals surface area (Å²) in [6.07, 6.45) is 5.74. The van der Waals surface area contributed by atoms with Crippen LogP contribution in [0.25, 0.3) is 0 Å². The van der Waals surface area contributed by atoms with Crippen molar-refractivity contribution in [1.82, 2.24) is 101 Å². The molecule has 19 amide bonds. The first-order valence-corrected chi connectivity index (χ1v) is 46.4. The van der Waals surface area contributed by atoms with Gasteiger partial charge in [-0.1, -0.05) is 157 Å². The zero-order chi connectivity index (χ0) is 102. The van der Waals surface area contributed by atoms with E-state index < -0.39 is 276 Å². The number of aliphatic hydroxyl groups is 3. The number of hydrogen-bond acceptors (Lipinski definition) is 25. The van der Waals surface area contributed by atoms with Crippen molar-refractivity contribution in [3.8, 4) is 0 Å². The fraction of sp³-hybridized carbons (Fsp3) is 0.670. The highest BCUT2D eigenvalue weighted by Gasteiger charge is 2.43. The van der Waals surface area contributed by atoms with Crippen molar-refractivity contribution >= 4 is 118 Å². The van der Waals surface area contributed by atoms with Crippen molar-refractivity contribution in [2.24, 2.45) is 35.3 Å². The van der Waals surface area contributed by atoms with Crippen molar-refractivity contribution in [1.29, 1.82) is 0 Å². The quantitative estimate of drug-likeness (QED) is 0.0172. The highest BCUT2D eigenvalue weighted by Crippen LogP contribution is 2.23. The molecule has 2 saturated heterocycles. The Hall–Kier alpha value is -12.1. The Kier molecular flexibility index (Phi) is 50.6. The summed E-state index contributed by atoms with van der Waals surface area (Å²) < 4.78 is 5.74. The topological polar surface area (TPSA) is 657 Å². The molecule has 0 saturated carbocycles. The Bertz CT molecular complexity index is 4320. The monoisotopic (exact) mass is 1910 g/mol. The fourth-order valence-corrected chi connectivity index (χ4v) is 14.2. The average molecular weight is 1910 g/mol. The molecule has 2 heterocycles. The predicted octanol–water partition coefficient (Wildman–Crippen LogP) is -3.41. The van der Waals surface area contributed by atoms with Crippen molar-refractivity contribution < 1.29 is 116 Å². The van der Waals surface area contributed by atoms with Gasteiger partial charge in [-0.05, 0) is 136 Å². The second kappa shape index (κ2) is 58.3. The van der Waals surface area contributed by atoms with E-state index in [4.69, 9.17) is 10.5 Å². The van der Waals surface area contributed by atoms with Crippen LogP contribution in [0.4, 0.5) is 0 Å². The molecule has 2 aliphatic rings. The first-order valence-electron chi connectivity index (χ1n) is 46.4. The SMILES string of the molecule is CC=C(NC(=O)C(CC(C)C)NC(=O)C(C)NC(=O)C(NC(=O)C(C)NC(=O)C(CO)NC(=O)C(NC(=O)C(C)NC(=O)C(C)NC(=O)C(C)NC(=O)C(NC(=O)C(NC(=O)C1CCCN1C(=O)C(=CC)NC(=O)CC(O)CCCCCCC)C(C)CC)C(C)C)C(C)C)C(C)C)C(=O)NC1C(=O)NC(C)C(=O)NC(CCN)C(=O)NC(CO)C(=O)NC(Cc2ccccc2)C(=O)OC1C. The van der Waals surface area contributed by atoms with E-state index in [-0.39, 0.29) is 56.8 Å². The molecule has 0 bridgehead atoms. The molecule has 20 unspecified atom stereocenters. The van der Waals surface area contributed by atoms with Crippen LogP contribution in [0.5, 0.6) is 0 Å². The van der Waals surface area contributed by atoms with Gasteiger partial charge in [0.15, 0.2) is 0 Å². The van der Waals surface area contributed by atoms with Crippen molar-refractivity contribution in [3.05, 3.63) is 59.4 Å². The Morgan fingerprint density at radius 2 is 0.970 bits per heavy atom. The number of nitrogens with two attached hydrogens (primary N) is 1. The van der Waals surface area contributed by atoms with Gasteiger partial charge in [-0.3, -0.25) is 91.1 Å². The minimum Gasteiger partial charge on any atom is -0.458 e. The number of aliphatic hydroxyl groups excluding tert-OH is 3. The Morgan fingerprint density at radius 3 is 1.46 bits per heavy atom. The number of nitrogens with one attached hydrogen (secondary N) is 18. The number of rotatable bonds is 49. The summed E-state index contributed by atoms with van der Waals surface area (Å²) in [5.41, 5.74) is 5.70. The van der Waals surface area contributed by atoms with Crippen molar-refractivity contribution in [2.45, 2.75) is 337 Å². The number of hydrogen-bond donors (Lipinski definition) is 22. The van der Waals surface area contributed by atoms with Gasteiger partial charge in [0.05, 0.1) is 25.7 Å². The molecule has 0 aliphatic carbocycles. The largest absolute Gasteiger partial charge is 0.458 e. The molecule has 44 heteroatoms. The molecule has 1 aromatic rings. The van der Waals surface area contributed by atoms with E-state index in [1.165, 1.54) is 80.2 Å². The summed E-state index contributed by atoms with van der Waals surface area (Å²) in [6, 6.07) is -16.1. The first-order chi connectivity index (χ1) is 63.4. The lowest BCUT2D eigenvalue weighted by molar-refractivity contribution is -0.156. The summed E-state index contributed by atoms with van der Waals surface area (Å²) in [5.74, 6) is -20.9. The van der Waals surface area contributed by atoms with E-state index in [0.717, 1.165) is 38.2 Å². The average Bonchev–Trinajstić information content (AvgIpc) is 1.70. The number of carbonyl (C=O) groups excluding carboxylic acids is 20. The van der Waals surface area contributed by atoms with Crippen LogP contribution in [0.3, 0.4) is 0 Å². The van der Waals surface area contributed by atoms with Gasteiger partial charge in [0.25, 0.3) is 11.8 Å². The van der Waals surface area contributed by atoms with E-state index in [0.29, 0.717) is 24.8 Å². The normalized spacial score (nSPS) is 20.4. The lowest BCUT2D eigenvalue weighted by Gasteiger charge is -2.31. The van der Waals surface area contributed by atoms with Gasteiger partial charge in [0.1, 0.15) is 120 Å². The highest BCUT2D eigenvalue weighted by atomic mass is 16.5. The van der Waals surface area contributed by atoms with Gasteiger partial charge in [-0.2, -0.15) is 0 Å². The number of unbranched alkanes of at least 4 members (excludes halogenated alkanes) is 4. The van der Waals surface area contributed by atoms with E-state index >= 15 is 0 Å². The third-order valence-electron chi connectivity index (χ3n) is 22.8. The van der Waals surface area contributed by atoms with Crippen LogP contribution >= 0.6 is 0 Å². The number of allylic oxidation sites excluding steroid dienone is 2. The maximum Gasteiger partial charge on any atom is 0.329 e. The third-order valence-corrected chi connectivity index (χ3v) is 22.8. The van der Waals surface area contributed by atoms with Crippen LogP contribution in [0, 0.1) is 29.6 Å². The minimum absolute atomic E-state index is 0.0655. The summed E-state index contributed by atoms with van der Waals surface area (Å²) in [5, 5.41) is 76.0. The number of likely N-dealkylation sites (tertiary alicyclic amines) is 1. The number of cyclic esters (lactones) is 1.